The molecule has 0 aliphatic heterocycles. The van der Waals surface area contributed by atoms with Crippen LogP contribution in [-0.4, -0.2) is 0 Å². The molecule has 0 bridgehead atoms. The van der Waals surface area contributed by atoms with E-state index in [1.54, 1.807) is 0 Å². The number of rotatable bonds is 1. The topological polar surface area (TPSA) is 0 Å². The minimum absolute atomic E-state index is 0. The smallest absolute Gasteiger partial charge is 0.0167 e. The van der Waals surface area contributed by atoms with Crippen molar-refractivity contribution in [3.8, 4) is 0 Å². The predicted octanol–water partition coefficient (Wildman–Crippen LogP) is 3.29. The van der Waals surface area contributed by atoms with Crippen molar-refractivity contribution in [2.24, 2.45) is 5.92 Å². The van der Waals surface area contributed by atoms with Crippen molar-refractivity contribution in [3.05, 3.63) is 47.4 Å². The number of benzene rings is 1. The van der Waals surface area contributed by atoms with Crippen LogP contribution in [0, 0.1) is 12.3 Å². The summed E-state index contributed by atoms with van der Waals surface area (Å²) in [5.41, 5.74) is 4.17. The van der Waals surface area contributed by atoms with Crippen LogP contribution in [-0.2, 0) is 25.8 Å². The largest absolute Gasteiger partial charge is 0.0619 e. The van der Waals surface area contributed by atoms with Crippen LogP contribution in [0.1, 0.15) is 25.0 Å². The van der Waals surface area contributed by atoms with Gasteiger partial charge < -0.3 is 0 Å². The Morgan fingerprint density at radius 2 is 1.62 bits per heavy atom. The second-order valence-electron chi connectivity index (χ2n) is 3.57. The van der Waals surface area contributed by atoms with Crippen molar-refractivity contribution in [2.75, 3.05) is 0 Å². The summed E-state index contributed by atoms with van der Waals surface area (Å²) in [6.07, 6.45) is 4.56. The van der Waals surface area contributed by atoms with E-state index in [0.717, 1.165) is 0 Å². The van der Waals surface area contributed by atoms with Crippen LogP contribution in [0.3, 0.4) is 0 Å². The number of hydrogen-bond acceptors (Lipinski definition) is 0. The van der Waals surface area contributed by atoms with Crippen LogP contribution in [0.15, 0.2) is 29.8 Å². The molecule has 1 aliphatic carbocycles. The molecule has 1 heteroatoms. The first kappa shape index (κ1) is 10.9. The quantitative estimate of drug-likeness (QED) is 0.691. The zero-order valence-electron chi connectivity index (χ0n) is 8.04. The Balaban J connectivity index is 0.000000845. The minimum Gasteiger partial charge on any atom is -0.0619 e. The first-order valence-electron chi connectivity index (χ1n) is 4.43. The van der Waals surface area contributed by atoms with Crippen molar-refractivity contribution >= 4 is 6.08 Å². The zero-order chi connectivity index (χ0) is 8.55. The molecular weight excluding hydrogens is 323 g/mol. The Bertz CT molecular complexity index is 324. The van der Waals surface area contributed by atoms with Crippen molar-refractivity contribution in [2.45, 2.75) is 13.8 Å². The van der Waals surface area contributed by atoms with Crippen LogP contribution >= 0.6 is 0 Å². The zero-order valence-corrected chi connectivity index (χ0v) is 11.6. The van der Waals surface area contributed by atoms with E-state index in [4.69, 9.17) is 0 Å². The number of hydrogen-bond donors (Lipinski definition) is 0. The van der Waals surface area contributed by atoms with Crippen LogP contribution in [0.5, 0.6) is 0 Å². The van der Waals surface area contributed by atoms with Crippen LogP contribution in [0.25, 0.3) is 6.08 Å². The molecule has 1 aromatic rings. The van der Waals surface area contributed by atoms with Gasteiger partial charge in [-0.3, -0.25) is 0 Å². The molecule has 1 aromatic carbocycles. The van der Waals surface area contributed by atoms with Gasteiger partial charge in [0.15, 0.2) is 0 Å². The van der Waals surface area contributed by atoms with Crippen molar-refractivity contribution in [3.63, 3.8) is 0 Å². The van der Waals surface area contributed by atoms with Gasteiger partial charge in [0.1, 0.15) is 0 Å². The van der Waals surface area contributed by atoms with Gasteiger partial charge >= 0.3 is 0 Å². The minimum atomic E-state index is 0. The molecule has 0 saturated heterocycles. The van der Waals surface area contributed by atoms with Gasteiger partial charge in [-0.2, -0.15) is 0 Å². The molecule has 0 spiro atoms. The Hall–Kier alpha value is -0.170. The molecule has 0 unspecified atom stereocenters. The summed E-state index contributed by atoms with van der Waals surface area (Å²) >= 11 is 0. The van der Waals surface area contributed by atoms with Gasteiger partial charge in [-0.15, -0.1) is 0 Å². The van der Waals surface area contributed by atoms with Gasteiger partial charge in [0.05, 0.1) is 0 Å². The van der Waals surface area contributed by atoms with Gasteiger partial charge in [0, 0.05) is 32.3 Å². The van der Waals surface area contributed by atoms with E-state index in [-0.39, 0.29) is 25.8 Å². The third kappa shape index (κ3) is 2.19. The third-order valence-electron chi connectivity index (χ3n) is 2.31. The predicted molar refractivity (Wildman–Crippen MR) is 52.7 cm³/mol. The fraction of sp³-hybridized carbons (Fsp3) is 0.250. The van der Waals surface area contributed by atoms with E-state index < -0.39 is 0 Å². The van der Waals surface area contributed by atoms with Gasteiger partial charge in [-0.25, -0.2) is 0 Å². The molecular formula is C12H13Hf. The summed E-state index contributed by atoms with van der Waals surface area (Å²) in [7, 11) is 0. The number of allylic oxidation sites excluding steroid dienone is 1. The molecule has 65 valence electrons. The number of fused-ring (bicyclic) bond motifs is 1. The second-order valence-corrected chi connectivity index (χ2v) is 3.57. The third-order valence-corrected chi connectivity index (χ3v) is 2.31. The Kier molecular flexibility index (Phi) is 3.66. The fourth-order valence-corrected chi connectivity index (χ4v) is 1.51. The summed E-state index contributed by atoms with van der Waals surface area (Å²) in [6.45, 7) is 4.46. The average Bonchev–Trinajstić information content (AvgIpc) is 2.46. The molecule has 0 nitrogen and oxygen atoms in total. The summed E-state index contributed by atoms with van der Waals surface area (Å²) in [6, 6.07) is 8.52. The first-order chi connectivity index (χ1) is 5.77. The molecule has 1 aliphatic rings. The maximum Gasteiger partial charge on any atom is 0.0167 e. The molecule has 0 N–H and O–H groups in total. The average molecular weight is 336 g/mol. The van der Waals surface area contributed by atoms with Gasteiger partial charge in [-0.05, 0) is 17.0 Å². The molecule has 0 amide bonds. The van der Waals surface area contributed by atoms with Crippen molar-refractivity contribution in [1.82, 2.24) is 0 Å². The molecule has 0 fully saturated rings. The Morgan fingerprint density at radius 3 is 2.15 bits per heavy atom. The normalized spacial score (nSPS) is 13.6. The molecule has 0 atom stereocenters. The summed E-state index contributed by atoms with van der Waals surface area (Å²) < 4.78 is 0. The van der Waals surface area contributed by atoms with Gasteiger partial charge in [0.2, 0.25) is 0 Å². The summed E-state index contributed by atoms with van der Waals surface area (Å²) in [5, 5.41) is 0. The molecule has 0 saturated carbocycles. The van der Waals surface area contributed by atoms with Crippen LogP contribution in [0.4, 0.5) is 0 Å². The van der Waals surface area contributed by atoms with Crippen LogP contribution < -0.4 is 0 Å². The second kappa shape index (κ2) is 4.36. The van der Waals surface area contributed by atoms with E-state index in [0.29, 0.717) is 5.92 Å². The molecule has 1 radical (unpaired) electrons. The van der Waals surface area contributed by atoms with E-state index in [9.17, 15) is 0 Å². The van der Waals surface area contributed by atoms with Crippen molar-refractivity contribution in [1.29, 1.82) is 0 Å². The fourth-order valence-electron chi connectivity index (χ4n) is 1.51. The van der Waals surface area contributed by atoms with E-state index in [1.165, 1.54) is 16.7 Å². The molecule has 2 rings (SSSR count). The molecule has 13 heavy (non-hydrogen) atoms. The van der Waals surface area contributed by atoms with Crippen molar-refractivity contribution < 1.29 is 25.8 Å². The van der Waals surface area contributed by atoms with Gasteiger partial charge in [-0.1, -0.05) is 49.8 Å². The maximum absolute atomic E-state index is 2.28. The Labute approximate surface area is 98.8 Å². The van der Waals surface area contributed by atoms with E-state index >= 15 is 0 Å². The van der Waals surface area contributed by atoms with E-state index in [1.807, 2.05) is 0 Å². The van der Waals surface area contributed by atoms with Gasteiger partial charge in [0.25, 0.3) is 0 Å². The summed E-state index contributed by atoms with van der Waals surface area (Å²) in [4.78, 5) is 0. The van der Waals surface area contributed by atoms with E-state index in [2.05, 4.69) is 50.6 Å². The van der Waals surface area contributed by atoms with Crippen LogP contribution in [0.2, 0.25) is 0 Å². The maximum atomic E-state index is 2.28. The first-order valence-corrected chi connectivity index (χ1v) is 4.43. The Morgan fingerprint density at radius 1 is 1.00 bits per heavy atom. The SMILES string of the molecule is CC(C)C1=Cc2ccccc2[CH]1.[Hf]. The molecule has 0 aromatic heterocycles. The molecule has 0 heterocycles. The summed E-state index contributed by atoms with van der Waals surface area (Å²) in [5.74, 6) is 0.636. The standard InChI is InChI=1S/C12H13.Hf/c1-9(2)12-7-10-5-3-4-6-11(10)8-12;/h3-9H,1-2H3;. The monoisotopic (exact) mass is 337 g/mol.